The average molecular weight is 332 g/mol. The van der Waals surface area contributed by atoms with E-state index in [0.29, 0.717) is 24.6 Å². The fourth-order valence-corrected chi connectivity index (χ4v) is 2.74. The Labute approximate surface area is 142 Å². The van der Waals surface area contributed by atoms with Gasteiger partial charge in [0.25, 0.3) is 11.8 Å². The first-order valence-corrected chi connectivity index (χ1v) is 8.24. The molecule has 0 bridgehead atoms. The van der Waals surface area contributed by atoms with Gasteiger partial charge in [-0.2, -0.15) is 0 Å². The van der Waals surface area contributed by atoms with Crippen LogP contribution in [0.2, 0.25) is 0 Å². The topological polar surface area (TPSA) is 75.7 Å². The maximum Gasteiger partial charge on any atom is 0.325 e. The summed E-state index contributed by atoms with van der Waals surface area (Å²) in [7, 11) is 0. The molecule has 0 saturated carbocycles. The van der Waals surface area contributed by atoms with Gasteiger partial charge >= 0.3 is 5.97 Å². The van der Waals surface area contributed by atoms with Crippen LogP contribution in [-0.4, -0.2) is 48.9 Å². The zero-order valence-corrected chi connectivity index (χ0v) is 14.2. The molecule has 1 heterocycles. The summed E-state index contributed by atoms with van der Waals surface area (Å²) in [5, 5.41) is 2.50. The SMILES string of the molecule is Cc1cccc(C(=O)NCC(=O)OCC(=O)N2CCC[C@@H](C)C2)c1. The van der Waals surface area contributed by atoms with Gasteiger partial charge in [-0.1, -0.05) is 24.6 Å². The van der Waals surface area contributed by atoms with Crippen LogP contribution in [0.15, 0.2) is 24.3 Å². The molecule has 0 aliphatic carbocycles. The minimum atomic E-state index is -0.616. The second kappa shape index (κ2) is 8.47. The van der Waals surface area contributed by atoms with E-state index in [9.17, 15) is 14.4 Å². The third-order valence-corrected chi connectivity index (χ3v) is 4.04. The fourth-order valence-electron chi connectivity index (χ4n) is 2.74. The number of piperidine rings is 1. The van der Waals surface area contributed by atoms with Gasteiger partial charge in [0.2, 0.25) is 0 Å². The van der Waals surface area contributed by atoms with Gasteiger partial charge in [0.05, 0.1) is 0 Å². The Morgan fingerprint density at radius 2 is 2.12 bits per heavy atom. The van der Waals surface area contributed by atoms with Crippen molar-refractivity contribution in [2.24, 2.45) is 5.92 Å². The van der Waals surface area contributed by atoms with Crippen molar-refractivity contribution >= 4 is 17.8 Å². The second-order valence-corrected chi connectivity index (χ2v) is 6.30. The summed E-state index contributed by atoms with van der Waals surface area (Å²) in [4.78, 5) is 37.4. The van der Waals surface area contributed by atoms with Crippen molar-refractivity contribution in [3.05, 3.63) is 35.4 Å². The van der Waals surface area contributed by atoms with Gasteiger partial charge in [-0.05, 0) is 37.8 Å². The molecule has 2 amide bonds. The van der Waals surface area contributed by atoms with Crippen LogP contribution in [0.25, 0.3) is 0 Å². The van der Waals surface area contributed by atoms with Crippen LogP contribution < -0.4 is 5.32 Å². The fraction of sp³-hybridized carbons (Fsp3) is 0.500. The number of hydrogen-bond acceptors (Lipinski definition) is 4. The quantitative estimate of drug-likeness (QED) is 0.830. The number of hydrogen-bond donors (Lipinski definition) is 1. The van der Waals surface area contributed by atoms with Crippen molar-refractivity contribution in [2.75, 3.05) is 26.2 Å². The first-order valence-electron chi connectivity index (χ1n) is 8.24. The maximum atomic E-state index is 12.0. The molecule has 6 nitrogen and oxygen atoms in total. The van der Waals surface area contributed by atoms with Gasteiger partial charge in [0.1, 0.15) is 6.54 Å². The van der Waals surface area contributed by atoms with Crippen molar-refractivity contribution in [2.45, 2.75) is 26.7 Å². The number of nitrogens with zero attached hydrogens (tertiary/aromatic N) is 1. The first-order chi connectivity index (χ1) is 11.5. The molecule has 1 saturated heterocycles. The van der Waals surface area contributed by atoms with E-state index < -0.39 is 5.97 Å². The number of aryl methyl sites for hydroxylation is 1. The Kier molecular flexibility index (Phi) is 6.35. The monoisotopic (exact) mass is 332 g/mol. The van der Waals surface area contributed by atoms with Crippen LogP contribution in [-0.2, 0) is 14.3 Å². The molecule has 0 spiro atoms. The Balaban J connectivity index is 1.71. The molecule has 0 unspecified atom stereocenters. The van der Waals surface area contributed by atoms with Crippen LogP contribution in [0.4, 0.5) is 0 Å². The lowest BCUT2D eigenvalue weighted by Gasteiger charge is -2.30. The Bertz CT molecular complexity index is 615. The minimum absolute atomic E-state index is 0.181. The van der Waals surface area contributed by atoms with Crippen LogP contribution in [0.3, 0.4) is 0 Å². The lowest BCUT2D eigenvalue weighted by molar-refractivity contribution is -0.151. The molecule has 1 fully saturated rings. The van der Waals surface area contributed by atoms with Crippen LogP contribution in [0.5, 0.6) is 0 Å². The number of carbonyl (C=O) groups is 3. The third-order valence-electron chi connectivity index (χ3n) is 4.04. The average Bonchev–Trinajstić information content (AvgIpc) is 2.57. The molecule has 130 valence electrons. The summed E-state index contributed by atoms with van der Waals surface area (Å²) in [5.74, 6) is -0.659. The van der Waals surface area contributed by atoms with Gasteiger partial charge in [-0.15, -0.1) is 0 Å². The van der Waals surface area contributed by atoms with Gasteiger partial charge in [-0.25, -0.2) is 0 Å². The molecule has 1 aliphatic rings. The highest BCUT2D eigenvalue weighted by Crippen LogP contribution is 2.15. The lowest BCUT2D eigenvalue weighted by atomic mass is 10.0. The highest BCUT2D eigenvalue weighted by molar-refractivity contribution is 5.96. The van der Waals surface area contributed by atoms with E-state index in [1.165, 1.54) is 0 Å². The second-order valence-electron chi connectivity index (χ2n) is 6.30. The van der Waals surface area contributed by atoms with Crippen molar-refractivity contribution < 1.29 is 19.1 Å². The van der Waals surface area contributed by atoms with E-state index in [4.69, 9.17) is 4.74 Å². The summed E-state index contributed by atoms with van der Waals surface area (Å²) in [6.45, 7) is 4.89. The highest BCUT2D eigenvalue weighted by atomic mass is 16.5. The van der Waals surface area contributed by atoms with Crippen molar-refractivity contribution in [1.29, 1.82) is 0 Å². The van der Waals surface area contributed by atoms with Crippen LogP contribution in [0.1, 0.15) is 35.7 Å². The minimum Gasteiger partial charge on any atom is -0.454 e. The molecule has 1 atom stereocenters. The standard InChI is InChI=1S/C18H24N2O4/c1-13-5-3-7-15(9-13)18(23)19-10-17(22)24-12-16(21)20-8-4-6-14(2)11-20/h3,5,7,9,14H,4,6,8,10-12H2,1-2H3,(H,19,23)/t14-/m1/s1. The van der Waals surface area contributed by atoms with E-state index in [1.807, 2.05) is 13.0 Å². The number of ether oxygens (including phenoxy) is 1. The number of likely N-dealkylation sites (tertiary alicyclic amines) is 1. The molecule has 1 aromatic rings. The molecule has 1 aliphatic heterocycles. The van der Waals surface area contributed by atoms with E-state index in [2.05, 4.69) is 12.2 Å². The number of nitrogens with one attached hydrogen (secondary N) is 1. The summed E-state index contributed by atoms with van der Waals surface area (Å²) < 4.78 is 4.96. The molecule has 24 heavy (non-hydrogen) atoms. The maximum absolute atomic E-state index is 12.0. The summed E-state index contributed by atoms with van der Waals surface area (Å²) in [6, 6.07) is 7.08. The van der Waals surface area contributed by atoms with Crippen LogP contribution in [0, 0.1) is 12.8 Å². The number of rotatable bonds is 5. The van der Waals surface area contributed by atoms with E-state index in [1.54, 1.807) is 23.1 Å². The van der Waals surface area contributed by atoms with E-state index in [0.717, 1.165) is 18.4 Å². The smallest absolute Gasteiger partial charge is 0.325 e. The molecular weight excluding hydrogens is 308 g/mol. The summed E-state index contributed by atoms with van der Waals surface area (Å²) in [6.07, 6.45) is 2.10. The third kappa shape index (κ3) is 5.37. The van der Waals surface area contributed by atoms with E-state index >= 15 is 0 Å². The molecule has 1 N–H and O–H groups in total. The zero-order chi connectivity index (χ0) is 17.5. The van der Waals surface area contributed by atoms with E-state index in [-0.39, 0.29) is 25.0 Å². The number of esters is 1. The van der Waals surface area contributed by atoms with Crippen molar-refractivity contribution in [3.63, 3.8) is 0 Å². The lowest BCUT2D eigenvalue weighted by Crippen LogP contribution is -2.42. The molecule has 0 aromatic heterocycles. The Hall–Kier alpha value is -2.37. The molecule has 0 radical (unpaired) electrons. The van der Waals surface area contributed by atoms with Gasteiger partial charge in [0.15, 0.2) is 6.61 Å². The van der Waals surface area contributed by atoms with Crippen molar-refractivity contribution in [1.82, 2.24) is 10.2 Å². The van der Waals surface area contributed by atoms with Gasteiger partial charge < -0.3 is 15.0 Å². The van der Waals surface area contributed by atoms with Gasteiger partial charge in [0, 0.05) is 18.7 Å². The normalized spacial score (nSPS) is 17.2. The predicted molar refractivity (Wildman–Crippen MR) is 89.4 cm³/mol. The summed E-state index contributed by atoms with van der Waals surface area (Å²) in [5.41, 5.74) is 1.45. The Morgan fingerprint density at radius 1 is 1.33 bits per heavy atom. The number of amides is 2. The van der Waals surface area contributed by atoms with Crippen molar-refractivity contribution in [3.8, 4) is 0 Å². The van der Waals surface area contributed by atoms with Crippen LogP contribution >= 0.6 is 0 Å². The summed E-state index contributed by atoms with van der Waals surface area (Å²) >= 11 is 0. The molecule has 1 aromatic carbocycles. The molecule has 2 rings (SSSR count). The number of carbonyl (C=O) groups excluding carboxylic acids is 3. The molecular formula is C18H24N2O4. The first kappa shape index (κ1) is 18.0. The van der Waals surface area contributed by atoms with Gasteiger partial charge in [-0.3, -0.25) is 14.4 Å². The highest BCUT2D eigenvalue weighted by Gasteiger charge is 2.21. The largest absolute Gasteiger partial charge is 0.454 e. The number of benzene rings is 1. The molecule has 6 heteroatoms. The predicted octanol–water partition coefficient (Wildman–Crippen LogP) is 1.53. The Morgan fingerprint density at radius 3 is 2.83 bits per heavy atom. The zero-order valence-electron chi connectivity index (χ0n) is 14.2.